The van der Waals surface area contributed by atoms with Crippen molar-refractivity contribution < 1.29 is 18.7 Å². The van der Waals surface area contributed by atoms with E-state index in [0.29, 0.717) is 25.4 Å². The quantitative estimate of drug-likeness (QED) is 0.715. The smallest absolute Gasteiger partial charge is 0.319 e. The molecule has 1 aliphatic rings. The first-order valence-corrected chi connectivity index (χ1v) is 9.34. The zero-order valence-electron chi connectivity index (χ0n) is 15.5. The minimum Gasteiger partial charge on any atom is -0.381 e. The molecule has 3 rings (SSSR count). The number of hydrogen-bond acceptors (Lipinski definition) is 3. The van der Waals surface area contributed by atoms with Gasteiger partial charge in [0.2, 0.25) is 5.91 Å². The summed E-state index contributed by atoms with van der Waals surface area (Å²) in [5.41, 5.74) is 2.40. The summed E-state index contributed by atoms with van der Waals surface area (Å²) in [6, 6.07) is 12.9. The standard InChI is InChI=1S/C21H24FN3O3/c22-18-7-3-15(4-8-18)13-24-21(27)25-19-9-5-16(6-10-19)12-23-20(26)17-2-1-11-28-14-17/h3-10,17H,1-2,11-14H2,(H,23,26)(H2,24,25,27). The second kappa shape index (κ2) is 9.85. The van der Waals surface area contributed by atoms with Crippen molar-refractivity contribution in [3.8, 4) is 0 Å². The van der Waals surface area contributed by atoms with E-state index in [2.05, 4.69) is 16.0 Å². The lowest BCUT2D eigenvalue weighted by molar-refractivity contribution is -0.129. The Balaban J connectivity index is 1.41. The molecule has 0 spiro atoms. The van der Waals surface area contributed by atoms with Gasteiger partial charge in [-0.2, -0.15) is 0 Å². The lowest BCUT2D eigenvalue weighted by atomic mass is 10.0. The van der Waals surface area contributed by atoms with Gasteiger partial charge >= 0.3 is 6.03 Å². The minimum absolute atomic E-state index is 0.0158. The fourth-order valence-corrected chi connectivity index (χ4v) is 2.95. The molecule has 0 radical (unpaired) electrons. The van der Waals surface area contributed by atoms with Gasteiger partial charge in [-0.3, -0.25) is 4.79 Å². The van der Waals surface area contributed by atoms with Crippen LogP contribution in [0.15, 0.2) is 48.5 Å². The second-order valence-electron chi connectivity index (χ2n) is 6.76. The third-order valence-corrected chi connectivity index (χ3v) is 4.58. The SMILES string of the molecule is O=C(NCc1ccc(F)cc1)Nc1ccc(CNC(=O)C2CCCOC2)cc1. The van der Waals surface area contributed by atoms with E-state index in [4.69, 9.17) is 4.74 Å². The molecule has 1 saturated heterocycles. The summed E-state index contributed by atoms with van der Waals surface area (Å²) in [6.45, 7) is 1.96. The first-order valence-electron chi connectivity index (χ1n) is 9.34. The number of carbonyl (C=O) groups is 2. The van der Waals surface area contributed by atoms with E-state index in [0.717, 1.165) is 30.6 Å². The number of urea groups is 1. The number of ether oxygens (including phenoxy) is 1. The molecule has 1 heterocycles. The molecule has 1 fully saturated rings. The maximum Gasteiger partial charge on any atom is 0.319 e. The molecule has 2 aromatic carbocycles. The predicted molar refractivity (Wildman–Crippen MR) is 104 cm³/mol. The number of rotatable bonds is 6. The molecule has 0 bridgehead atoms. The number of benzene rings is 2. The van der Waals surface area contributed by atoms with Crippen LogP contribution in [0.2, 0.25) is 0 Å². The number of carbonyl (C=O) groups excluding carboxylic acids is 2. The van der Waals surface area contributed by atoms with Gasteiger partial charge in [-0.05, 0) is 48.2 Å². The lowest BCUT2D eigenvalue weighted by Crippen LogP contribution is -2.35. The number of amides is 3. The summed E-state index contributed by atoms with van der Waals surface area (Å²) in [6.07, 6.45) is 1.78. The molecule has 3 N–H and O–H groups in total. The van der Waals surface area contributed by atoms with E-state index in [-0.39, 0.29) is 23.7 Å². The molecule has 148 valence electrons. The summed E-state index contributed by atoms with van der Waals surface area (Å²) in [5.74, 6) is -0.363. The Morgan fingerprint density at radius 1 is 0.964 bits per heavy atom. The van der Waals surface area contributed by atoms with Crippen molar-refractivity contribution in [3.05, 3.63) is 65.5 Å². The molecule has 0 aromatic heterocycles. The fraction of sp³-hybridized carbons (Fsp3) is 0.333. The normalized spacial score (nSPS) is 16.2. The van der Waals surface area contributed by atoms with Crippen LogP contribution in [0.25, 0.3) is 0 Å². The number of nitrogens with one attached hydrogen (secondary N) is 3. The number of halogens is 1. The van der Waals surface area contributed by atoms with Crippen LogP contribution in [0.4, 0.5) is 14.9 Å². The second-order valence-corrected chi connectivity index (χ2v) is 6.76. The van der Waals surface area contributed by atoms with Gasteiger partial charge in [-0.25, -0.2) is 9.18 Å². The summed E-state index contributed by atoms with van der Waals surface area (Å²) in [5, 5.41) is 8.38. The Bertz CT molecular complexity index is 788. The van der Waals surface area contributed by atoms with E-state index >= 15 is 0 Å². The number of anilines is 1. The number of hydrogen-bond donors (Lipinski definition) is 3. The van der Waals surface area contributed by atoms with Crippen LogP contribution in [-0.2, 0) is 22.6 Å². The van der Waals surface area contributed by atoms with Crippen LogP contribution >= 0.6 is 0 Å². The summed E-state index contributed by atoms with van der Waals surface area (Å²) in [7, 11) is 0. The highest BCUT2D eigenvalue weighted by Crippen LogP contribution is 2.14. The van der Waals surface area contributed by atoms with Crippen molar-refractivity contribution in [1.82, 2.24) is 10.6 Å². The zero-order chi connectivity index (χ0) is 19.8. The minimum atomic E-state index is -0.345. The molecular formula is C21H24FN3O3. The van der Waals surface area contributed by atoms with E-state index in [1.54, 1.807) is 24.3 Å². The van der Waals surface area contributed by atoms with Gasteiger partial charge in [0, 0.05) is 25.4 Å². The van der Waals surface area contributed by atoms with E-state index in [1.165, 1.54) is 12.1 Å². The molecular weight excluding hydrogens is 361 g/mol. The average Bonchev–Trinajstić information content (AvgIpc) is 2.73. The first kappa shape index (κ1) is 19.8. The van der Waals surface area contributed by atoms with Crippen LogP contribution in [0, 0.1) is 11.7 Å². The molecule has 1 atom stereocenters. The van der Waals surface area contributed by atoms with Crippen molar-refractivity contribution in [2.75, 3.05) is 18.5 Å². The van der Waals surface area contributed by atoms with Crippen LogP contribution in [0.5, 0.6) is 0 Å². The molecule has 2 aromatic rings. The van der Waals surface area contributed by atoms with Crippen molar-refractivity contribution in [2.45, 2.75) is 25.9 Å². The van der Waals surface area contributed by atoms with Crippen LogP contribution in [0.3, 0.4) is 0 Å². The first-order chi connectivity index (χ1) is 13.6. The Morgan fingerprint density at radius 3 is 2.25 bits per heavy atom. The van der Waals surface area contributed by atoms with Gasteiger partial charge in [0.1, 0.15) is 5.82 Å². The van der Waals surface area contributed by atoms with Gasteiger partial charge in [-0.1, -0.05) is 24.3 Å². The Morgan fingerprint density at radius 2 is 1.61 bits per heavy atom. The fourth-order valence-electron chi connectivity index (χ4n) is 2.95. The topological polar surface area (TPSA) is 79.5 Å². The maximum atomic E-state index is 12.9. The van der Waals surface area contributed by atoms with E-state index < -0.39 is 0 Å². The summed E-state index contributed by atoms with van der Waals surface area (Å²) in [4.78, 5) is 24.1. The summed E-state index contributed by atoms with van der Waals surface area (Å²) < 4.78 is 18.2. The molecule has 1 aliphatic heterocycles. The highest BCUT2D eigenvalue weighted by Gasteiger charge is 2.21. The molecule has 0 saturated carbocycles. The van der Waals surface area contributed by atoms with Crippen LogP contribution < -0.4 is 16.0 Å². The maximum absolute atomic E-state index is 12.9. The van der Waals surface area contributed by atoms with E-state index in [1.807, 2.05) is 12.1 Å². The molecule has 28 heavy (non-hydrogen) atoms. The molecule has 0 aliphatic carbocycles. The molecule has 6 nitrogen and oxygen atoms in total. The molecule has 1 unspecified atom stereocenters. The molecule has 3 amide bonds. The van der Waals surface area contributed by atoms with Crippen molar-refractivity contribution >= 4 is 17.6 Å². The van der Waals surface area contributed by atoms with Crippen molar-refractivity contribution in [1.29, 1.82) is 0 Å². The third-order valence-electron chi connectivity index (χ3n) is 4.58. The van der Waals surface area contributed by atoms with Crippen molar-refractivity contribution in [3.63, 3.8) is 0 Å². The average molecular weight is 385 g/mol. The highest BCUT2D eigenvalue weighted by atomic mass is 19.1. The monoisotopic (exact) mass is 385 g/mol. The van der Waals surface area contributed by atoms with Gasteiger partial charge in [-0.15, -0.1) is 0 Å². The van der Waals surface area contributed by atoms with Crippen molar-refractivity contribution in [2.24, 2.45) is 5.92 Å². The Hall–Kier alpha value is -2.93. The highest BCUT2D eigenvalue weighted by molar-refractivity contribution is 5.89. The van der Waals surface area contributed by atoms with Gasteiger partial charge in [0.25, 0.3) is 0 Å². The Labute approximate surface area is 163 Å². The Kier molecular flexibility index (Phi) is 6.97. The van der Waals surface area contributed by atoms with Crippen LogP contribution in [0.1, 0.15) is 24.0 Å². The largest absolute Gasteiger partial charge is 0.381 e. The lowest BCUT2D eigenvalue weighted by Gasteiger charge is -2.21. The summed E-state index contributed by atoms with van der Waals surface area (Å²) >= 11 is 0. The van der Waals surface area contributed by atoms with Crippen LogP contribution in [-0.4, -0.2) is 25.2 Å². The van der Waals surface area contributed by atoms with Gasteiger partial charge in [0.05, 0.1) is 12.5 Å². The predicted octanol–water partition coefficient (Wildman–Crippen LogP) is 3.19. The van der Waals surface area contributed by atoms with Gasteiger partial charge in [0.15, 0.2) is 0 Å². The van der Waals surface area contributed by atoms with E-state index in [9.17, 15) is 14.0 Å². The zero-order valence-corrected chi connectivity index (χ0v) is 15.5. The molecule has 7 heteroatoms. The third kappa shape index (κ3) is 6.06. The van der Waals surface area contributed by atoms with Gasteiger partial charge < -0.3 is 20.7 Å².